The van der Waals surface area contributed by atoms with Gasteiger partial charge in [0.1, 0.15) is 0 Å². The van der Waals surface area contributed by atoms with Crippen LogP contribution in [0.4, 0.5) is 0 Å². The zero-order valence-electron chi connectivity index (χ0n) is 28.0. The Morgan fingerprint density at radius 1 is 0.812 bits per heavy atom. The first-order valence-corrected chi connectivity index (χ1v) is 18.9. The normalized spacial score (nSPS) is 27.2. The zero-order valence-corrected chi connectivity index (χ0v) is 32.0. The van der Waals surface area contributed by atoms with Crippen LogP contribution in [-0.4, -0.2) is 65.0 Å². The molecule has 6 nitrogen and oxygen atoms in total. The van der Waals surface area contributed by atoms with Gasteiger partial charge >= 0.3 is 6.15 Å². The average Bonchev–Trinajstić information content (AvgIpc) is 3.69. The number of nitrogens with two attached hydrogens (primary N) is 1. The Kier molecular flexibility index (Phi) is 13.4. The number of halogens is 3. The molecule has 2 N–H and O–H groups in total. The lowest BCUT2D eigenvalue weighted by atomic mass is 9.65. The standard InChI is InChI=1S/C19H22ClNOS.C9H18N2.C8H5ClS.CO2.ClH/c1-19(2)15(12-5-7-21(19)8-6-12)11-16(22)18-10-13-9-14(20)3-4-17(13)23-18;1-9(2)8(10)7-3-5-11(9)6-4-7;9-7-1-2-8-6(5-7)3-4-10-8;2-1-3;/h3-4,9-10,12,15H,5-8,11H2,1-2H3;7-8H,3-6,10H2,1-2H3;1-5H;;1H/t15-;8-;;;/m00.../s1. The number of carbonyl (C=O) groups is 1. The molecule has 8 heterocycles. The molecule has 48 heavy (non-hydrogen) atoms. The van der Waals surface area contributed by atoms with Crippen LogP contribution >= 0.6 is 58.3 Å². The number of ketones is 1. The summed E-state index contributed by atoms with van der Waals surface area (Å²) in [5, 5.41) is 5.93. The zero-order chi connectivity index (χ0) is 33.9. The van der Waals surface area contributed by atoms with Crippen molar-refractivity contribution in [3.63, 3.8) is 0 Å². The molecule has 10 rings (SSSR count). The SMILES string of the molecule is CC1(C)[C@@H](CC(=O)c2cc3cc(Cl)ccc3s2)C2CCN1CC2.CC1(C)[C@@H](N)C2CCN1CC2.Cl.Clc1ccc2sccc2c1.O=C=O. The number of hydrogen-bond donors (Lipinski definition) is 1. The molecule has 2 atom stereocenters. The predicted molar refractivity (Wildman–Crippen MR) is 203 cm³/mol. The number of fused-ring (bicyclic) bond motifs is 8. The third-order valence-corrected chi connectivity index (χ3v) is 13.6. The summed E-state index contributed by atoms with van der Waals surface area (Å²) in [7, 11) is 0. The molecule has 0 unspecified atom stereocenters. The third kappa shape index (κ3) is 8.54. The maximum atomic E-state index is 12.9. The van der Waals surface area contributed by atoms with Gasteiger partial charge in [0.15, 0.2) is 5.78 Å². The minimum Gasteiger partial charge on any atom is -0.326 e. The minimum absolute atomic E-state index is 0. The molecule has 6 fully saturated rings. The predicted octanol–water partition coefficient (Wildman–Crippen LogP) is 9.46. The lowest BCUT2D eigenvalue weighted by molar-refractivity contribution is -0.191. The number of nitrogens with zero attached hydrogens (tertiary/aromatic N) is 2. The van der Waals surface area contributed by atoms with E-state index >= 15 is 0 Å². The number of Topliss-reactive ketones (excluding diaryl/α,β-unsaturated/α-hetero) is 1. The summed E-state index contributed by atoms with van der Waals surface area (Å²) < 4.78 is 2.44. The summed E-state index contributed by atoms with van der Waals surface area (Å²) in [6.07, 6.45) is 6.08. The second-order valence-corrected chi connectivity index (χ2v) is 17.1. The van der Waals surface area contributed by atoms with Gasteiger partial charge < -0.3 is 5.73 Å². The average molecular weight is 751 g/mol. The molecule has 4 bridgehead atoms. The molecule has 2 aromatic heterocycles. The first kappa shape index (κ1) is 39.0. The third-order valence-electron chi connectivity index (χ3n) is 11.1. The quantitative estimate of drug-likeness (QED) is 0.210. The van der Waals surface area contributed by atoms with Crippen LogP contribution in [0.25, 0.3) is 20.2 Å². The van der Waals surface area contributed by atoms with Crippen molar-refractivity contribution in [2.45, 2.75) is 76.9 Å². The highest BCUT2D eigenvalue weighted by Crippen LogP contribution is 2.46. The van der Waals surface area contributed by atoms with Gasteiger partial charge in [-0.1, -0.05) is 23.2 Å². The van der Waals surface area contributed by atoms with E-state index in [2.05, 4.69) is 48.9 Å². The van der Waals surface area contributed by atoms with Crippen molar-refractivity contribution in [2.75, 3.05) is 26.2 Å². The maximum absolute atomic E-state index is 12.9. The van der Waals surface area contributed by atoms with E-state index in [1.54, 1.807) is 22.7 Å². The van der Waals surface area contributed by atoms with Gasteiger partial charge in [0.2, 0.25) is 0 Å². The highest BCUT2D eigenvalue weighted by molar-refractivity contribution is 7.20. The lowest BCUT2D eigenvalue weighted by Crippen LogP contribution is -2.67. The van der Waals surface area contributed by atoms with E-state index in [9.17, 15) is 4.79 Å². The molecule has 0 spiro atoms. The number of hydrogen-bond acceptors (Lipinski definition) is 8. The van der Waals surface area contributed by atoms with Crippen LogP contribution in [-0.2, 0) is 9.59 Å². The van der Waals surface area contributed by atoms with E-state index in [1.807, 2.05) is 42.5 Å². The molecule has 4 aromatic rings. The Labute approximate surface area is 308 Å². The van der Waals surface area contributed by atoms with Crippen molar-refractivity contribution in [1.29, 1.82) is 0 Å². The maximum Gasteiger partial charge on any atom is 0.373 e. The smallest absolute Gasteiger partial charge is 0.326 e. The van der Waals surface area contributed by atoms with Gasteiger partial charge in [-0.25, -0.2) is 0 Å². The Bertz CT molecular complexity index is 1710. The van der Waals surface area contributed by atoms with Crippen molar-refractivity contribution in [2.24, 2.45) is 23.5 Å². The number of piperidine rings is 6. The van der Waals surface area contributed by atoms with Gasteiger partial charge in [-0.05, 0) is 162 Å². The van der Waals surface area contributed by atoms with Gasteiger partial charge in [-0.3, -0.25) is 14.6 Å². The molecule has 0 saturated carbocycles. The highest BCUT2D eigenvalue weighted by atomic mass is 35.5. The fourth-order valence-electron chi connectivity index (χ4n) is 8.12. The summed E-state index contributed by atoms with van der Waals surface area (Å²) in [5.41, 5.74) is 6.57. The van der Waals surface area contributed by atoms with Gasteiger partial charge in [0.25, 0.3) is 0 Å². The van der Waals surface area contributed by atoms with E-state index in [4.69, 9.17) is 38.5 Å². The molecule has 6 aliphatic heterocycles. The molecule has 260 valence electrons. The van der Waals surface area contributed by atoms with Crippen LogP contribution in [0, 0.1) is 17.8 Å². The molecule has 0 aliphatic carbocycles. The summed E-state index contributed by atoms with van der Waals surface area (Å²) >= 11 is 15.2. The molecule has 0 radical (unpaired) electrons. The monoisotopic (exact) mass is 749 g/mol. The molecule has 6 saturated heterocycles. The highest BCUT2D eigenvalue weighted by Gasteiger charge is 2.48. The largest absolute Gasteiger partial charge is 0.373 e. The Balaban J connectivity index is 0.000000173. The second-order valence-electron chi connectivity index (χ2n) is 14.2. The van der Waals surface area contributed by atoms with Gasteiger partial charge in [-0.2, -0.15) is 9.59 Å². The minimum atomic E-state index is 0. The molecule has 2 aromatic carbocycles. The molecular weight excluding hydrogens is 705 g/mol. The first-order valence-electron chi connectivity index (χ1n) is 16.4. The van der Waals surface area contributed by atoms with E-state index in [1.165, 1.54) is 61.9 Å². The van der Waals surface area contributed by atoms with Crippen LogP contribution in [0.3, 0.4) is 0 Å². The first-order chi connectivity index (χ1) is 22.3. The summed E-state index contributed by atoms with van der Waals surface area (Å²) in [6, 6.07) is 16.3. The fraction of sp³-hybridized carbons (Fsp3) is 0.514. The number of benzene rings is 2. The van der Waals surface area contributed by atoms with E-state index in [0.717, 1.165) is 30.9 Å². The number of carbonyl (C=O) groups excluding carboxylic acids is 3. The summed E-state index contributed by atoms with van der Waals surface area (Å²) in [4.78, 5) is 35.1. The van der Waals surface area contributed by atoms with Crippen molar-refractivity contribution in [3.05, 3.63) is 68.8 Å². The van der Waals surface area contributed by atoms with Crippen LogP contribution in [0.1, 0.15) is 69.5 Å². The Morgan fingerprint density at radius 2 is 1.33 bits per heavy atom. The van der Waals surface area contributed by atoms with Gasteiger partial charge in [-0.15, -0.1) is 35.1 Å². The number of rotatable bonds is 3. The van der Waals surface area contributed by atoms with E-state index in [0.29, 0.717) is 30.1 Å². The lowest BCUT2D eigenvalue weighted by Gasteiger charge is -2.56. The van der Waals surface area contributed by atoms with Crippen molar-refractivity contribution < 1.29 is 14.4 Å². The van der Waals surface area contributed by atoms with Crippen molar-refractivity contribution in [3.8, 4) is 0 Å². The van der Waals surface area contributed by atoms with E-state index in [-0.39, 0.29) is 29.6 Å². The van der Waals surface area contributed by atoms with Gasteiger partial charge in [0.05, 0.1) is 4.88 Å². The van der Waals surface area contributed by atoms with Crippen LogP contribution < -0.4 is 5.73 Å². The summed E-state index contributed by atoms with van der Waals surface area (Å²) in [6.45, 7) is 14.1. The molecule has 11 heteroatoms. The van der Waals surface area contributed by atoms with Crippen molar-refractivity contribution in [1.82, 2.24) is 9.80 Å². The van der Waals surface area contributed by atoms with Crippen LogP contribution in [0.5, 0.6) is 0 Å². The van der Waals surface area contributed by atoms with E-state index < -0.39 is 0 Å². The molecule has 6 aliphatic rings. The second kappa shape index (κ2) is 16.5. The van der Waals surface area contributed by atoms with Crippen molar-refractivity contribution >= 4 is 90.4 Å². The van der Waals surface area contributed by atoms with Gasteiger partial charge in [0, 0.05) is 43.0 Å². The van der Waals surface area contributed by atoms with Crippen LogP contribution in [0.15, 0.2) is 53.9 Å². The molecular formula is C37H46Cl3N3O3S2. The number of thiophene rings is 2. The van der Waals surface area contributed by atoms with Crippen LogP contribution in [0.2, 0.25) is 10.0 Å². The molecule has 0 amide bonds. The fourth-order valence-corrected chi connectivity index (χ4v) is 10.2. The Morgan fingerprint density at radius 3 is 1.85 bits per heavy atom. The summed E-state index contributed by atoms with van der Waals surface area (Å²) in [5.74, 6) is 2.29. The topological polar surface area (TPSA) is 83.7 Å². The Hall–Kier alpha value is -1.84.